The van der Waals surface area contributed by atoms with Crippen molar-refractivity contribution >= 4 is 28.6 Å². The summed E-state index contributed by atoms with van der Waals surface area (Å²) < 4.78 is 38.9. The second-order valence-corrected chi connectivity index (χ2v) is 8.05. The SMILES string of the molecule is Cc1c(C(NC(=O)Nc2cnc(N3CCOCC3)nc2)C(C)C)oc2c(F)cc(F)cc12. The van der Waals surface area contributed by atoms with Gasteiger partial charge in [0.25, 0.3) is 0 Å². The van der Waals surface area contributed by atoms with E-state index in [9.17, 15) is 13.6 Å². The second-order valence-electron chi connectivity index (χ2n) is 8.05. The molecule has 0 aliphatic carbocycles. The minimum atomic E-state index is -0.779. The number of nitrogens with one attached hydrogen (secondary N) is 2. The highest BCUT2D eigenvalue weighted by atomic mass is 19.1. The Morgan fingerprint density at radius 2 is 1.84 bits per heavy atom. The van der Waals surface area contributed by atoms with Gasteiger partial charge in [-0.05, 0) is 18.9 Å². The van der Waals surface area contributed by atoms with Crippen LogP contribution in [-0.4, -0.2) is 42.3 Å². The van der Waals surface area contributed by atoms with Crippen molar-refractivity contribution in [3.8, 4) is 0 Å². The first kappa shape index (κ1) is 21.9. The quantitative estimate of drug-likeness (QED) is 0.613. The number of rotatable bonds is 5. The van der Waals surface area contributed by atoms with Crippen LogP contribution in [0.5, 0.6) is 0 Å². The number of amides is 2. The molecule has 3 aromatic rings. The Labute approximate surface area is 184 Å². The van der Waals surface area contributed by atoms with Crippen molar-refractivity contribution in [2.75, 3.05) is 36.5 Å². The number of morpholine rings is 1. The molecule has 0 spiro atoms. The molecule has 170 valence electrons. The van der Waals surface area contributed by atoms with Crippen molar-refractivity contribution in [3.05, 3.63) is 47.5 Å². The van der Waals surface area contributed by atoms with E-state index in [0.717, 1.165) is 6.07 Å². The molecular weight excluding hydrogens is 420 g/mol. The topological polar surface area (TPSA) is 92.5 Å². The molecule has 3 heterocycles. The maximum Gasteiger partial charge on any atom is 0.319 e. The standard InChI is InChI=1S/C22H25F2N5O3/c1-12(2)18(19-13(3)16-8-14(23)9-17(24)20(16)32-19)28-22(30)27-15-10-25-21(26-11-15)29-4-6-31-7-5-29/h8-12,18H,4-7H2,1-3H3,(H2,27,28,30). The minimum Gasteiger partial charge on any atom is -0.455 e. The van der Waals surface area contributed by atoms with Crippen molar-refractivity contribution < 1.29 is 22.7 Å². The first-order valence-corrected chi connectivity index (χ1v) is 10.4. The van der Waals surface area contributed by atoms with Gasteiger partial charge in [0.2, 0.25) is 5.95 Å². The number of benzene rings is 1. The number of aryl methyl sites for hydroxylation is 1. The molecule has 0 radical (unpaired) electrons. The Balaban J connectivity index is 1.49. The second kappa shape index (κ2) is 9.07. The highest BCUT2D eigenvalue weighted by molar-refractivity contribution is 5.89. The summed E-state index contributed by atoms with van der Waals surface area (Å²) in [7, 11) is 0. The van der Waals surface area contributed by atoms with E-state index in [4.69, 9.17) is 9.15 Å². The summed E-state index contributed by atoms with van der Waals surface area (Å²) in [4.78, 5) is 23.3. The van der Waals surface area contributed by atoms with Gasteiger partial charge in [-0.1, -0.05) is 13.8 Å². The third-order valence-corrected chi connectivity index (χ3v) is 5.42. The van der Waals surface area contributed by atoms with Crippen molar-refractivity contribution in [2.45, 2.75) is 26.8 Å². The molecule has 1 unspecified atom stereocenters. The normalized spacial score (nSPS) is 15.2. The van der Waals surface area contributed by atoms with Gasteiger partial charge in [-0.3, -0.25) is 0 Å². The van der Waals surface area contributed by atoms with Gasteiger partial charge < -0.3 is 24.7 Å². The Morgan fingerprint density at radius 3 is 2.50 bits per heavy atom. The molecule has 1 aromatic carbocycles. The van der Waals surface area contributed by atoms with Gasteiger partial charge >= 0.3 is 6.03 Å². The summed E-state index contributed by atoms with van der Waals surface area (Å²) in [5.41, 5.74) is 0.978. The van der Waals surface area contributed by atoms with Gasteiger partial charge in [0.05, 0.1) is 37.3 Å². The smallest absolute Gasteiger partial charge is 0.319 e. The predicted octanol–water partition coefficient (Wildman–Crippen LogP) is 4.16. The maximum atomic E-state index is 14.2. The van der Waals surface area contributed by atoms with Gasteiger partial charge in [-0.2, -0.15) is 0 Å². The number of carbonyl (C=O) groups is 1. The van der Waals surface area contributed by atoms with Gasteiger partial charge in [0, 0.05) is 30.1 Å². The number of fused-ring (bicyclic) bond motifs is 1. The van der Waals surface area contributed by atoms with E-state index in [1.165, 1.54) is 18.5 Å². The molecule has 0 bridgehead atoms. The number of nitrogens with zero attached hydrogens (tertiary/aromatic N) is 3. The lowest BCUT2D eigenvalue weighted by Gasteiger charge is -2.26. The van der Waals surface area contributed by atoms with Crippen LogP contribution in [0.25, 0.3) is 11.0 Å². The number of anilines is 2. The third kappa shape index (κ3) is 4.50. The molecule has 1 atom stereocenters. The zero-order valence-corrected chi connectivity index (χ0v) is 18.1. The van der Waals surface area contributed by atoms with Crippen molar-refractivity contribution in [2.24, 2.45) is 5.92 Å². The number of hydrogen-bond acceptors (Lipinski definition) is 6. The number of aromatic nitrogens is 2. The zero-order chi connectivity index (χ0) is 22.8. The average Bonchev–Trinajstić information content (AvgIpc) is 3.09. The third-order valence-electron chi connectivity index (χ3n) is 5.42. The molecule has 2 N–H and O–H groups in total. The Morgan fingerprint density at radius 1 is 1.16 bits per heavy atom. The first-order valence-electron chi connectivity index (χ1n) is 10.4. The van der Waals surface area contributed by atoms with Gasteiger partial charge in [-0.25, -0.2) is 23.5 Å². The van der Waals surface area contributed by atoms with E-state index in [1.54, 1.807) is 6.92 Å². The first-order chi connectivity index (χ1) is 15.3. The van der Waals surface area contributed by atoms with Crippen molar-refractivity contribution in [1.82, 2.24) is 15.3 Å². The van der Waals surface area contributed by atoms with E-state index in [2.05, 4.69) is 20.6 Å². The average molecular weight is 445 g/mol. The van der Waals surface area contributed by atoms with Crippen LogP contribution >= 0.6 is 0 Å². The fraction of sp³-hybridized carbons (Fsp3) is 0.409. The number of urea groups is 1. The number of carbonyl (C=O) groups excluding carboxylic acids is 1. The van der Waals surface area contributed by atoms with Crippen LogP contribution in [0.2, 0.25) is 0 Å². The van der Waals surface area contributed by atoms with Crippen LogP contribution in [0.1, 0.15) is 31.2 Å². The Bertz CT molecular complexity index is 1110. The molecule has 10 heteroatoms. The summed E-state index contributed by atoms with van der Waals surface area (Å²) >= 11 is 0. The number of ether oxygens (including phenoxy) is 1. The van der Waals surface area contributed by atoms with Crippen molar-refractivity contribution in [3.63, 3.8) is 0 Å². The molecule has 32 heavy (non-hydrogen) atoms. The van der Waals surface area contributed by atoms with Crippen LogP contribution in [0.3, 0.4) is 0 Å². The molecule has 1 fully saturated rings. The molecule has 2 amide bonds. The molecular formula is C22H25F2N5O3. The minimum absolute atomic E-state index is 0.0288. The van der Waals surface area contributed by atoms with Crippen LogP contribution in [-0.2, 0) is 4.74 Å². The lowest BCUT2D eigenvalue weighted by Crippen LogP contribution is -2.37. The van der Waals surface area contributed by atoms with Crippen LogP contribution in [0, 0.1) is 24.5 Å². The molecule has 4 rings (SSSR count). The summed E-state index contributed by atoms with van der Waals surface area (Å²) in [6.45, 7) is 8.19. The van der Waals surface area contributed by atoms with Gasteiger partial charge in [-0.15, -0.1) is 0 Å². The monoisotopic (exact) mass is 445 g/mol. The van der Waals surface area contributed by atoms with Crippen LogP contribution in [0.4, 0.5) is 25.2 Å². The lowest BCUT2D eigenvalue weighted by molar-refractivity contribution is 0.122. The summed E-state index contributed by atoms with van der Waals surface area (Å²) in [5.74, 6) is -0.579. The van der Waals surface area contributed by atoms with Crippen molar-refractivity contribution in [1.29, 1.82) is 0 Å². The lowest BCUT2D eigenvalue weighted by atomic mass is 9.98. The summed E-state index contributed by atoms with van der Waals surface area (Å²) in [6.07, 6.45) is 3.07. The summed E-state index contributed by atoms with van der Waals surface area (Å²) in [5, 5.41) is 5.90. The maximum absolute atomic E-state index is 14.2. The molecule has 8 nitrogen and oxygen atoms in total. The number of halogens is 2. The van der Waals surface area contributed by atoms with Crippen LogP contribution < -0.4 is 15.5 Å². The predicted molar refractivity (Wildman–Crippen MR) is 116 cm³/mol. The van der Waals surface area contributed by atoms with Gasteiger partial charge in [0.15, 0.2) is 11.4 Å². The molecule has 1 saturated heterocycles. The van der Waals surface area contributed by atoms with E-state index in [1.807, 2.05) is 18.7 Å². The Hall–Kier alpha value is -3.27. The van der Waals surface area contributed by atoms with Gasteiger partial charge in [0.1, 0.15) is 11.6 Å². The van der Waals surface area contributed by atoms with Crippen LogP contribution in [0.15, 0.2) is 28.9 Å². The Kier molecular flexibility index (Phi) is 6.22. The molecule has 2 aromatic heterocycles. The zero-order valence-electron chi connectivity index (χ0n) is 18.1. The largest absolute Gasteiger partial charge is 0.455 e. The van der Waals surface area contributed by atoms with E-state index in [-0.39, 0.29) is 11.5 Å². The van der Waals surface area contributed by atoms with E-state index in [0.29, 0.717) is 54.6 Å². The summed E-state index contributed by atoms with van der Waals surface area (Å²) in [6, 6.07) is 0.961. The molecule has 1 aliphatic rings. The van der Waals surface area contributed by atoms with E-state index < -0.39 is 23.7 Å². The highest BCUT2D eigenvalue weighted by Gasteiger charge is 2.27. The fourth-order valence-electron chi connectivity index (χ4n) is 3.71. The number of furan rings is 1. The molecule has 0 saturated carbocycles. The fourth-order valence-corrected chi connectivity index (χ4v) is 3.71. The molecule has 1 aliphatic heterocycles. The highest BCUT2D eigenvalue weighted by Crippen LogP contribution is 2.34. The number of hydrogen-bond donors (Lipinski definition) is 2. The van der Waals surface area contributed by atoms with E-state index >= 15 is 0 Å².